The Hall–Kier alpha value is -0.610. The Morgan fingerprint density at radius 1 is 1.62 bits per heavy atom. The molecule has 1 aliphatic rings. The van der Waals surface area contributed by atoms with Gasteiger partial charge in [-0.25, -0.2) is 0 Å². The molecule has 1 aliphatic heterocycles. The lowest BCUT2D eigenvalue weighted by atomic mass is 9.92. The second kappa shape index (κ2) is 5.64. The van der Waals surface area contributed by atoms with Crippen molar-refractivity contribution >= 4 is 5.91 Å². The lowest BCUT2D eigenvalue weighted by Crippen LogP contribution is -2.57. The van der Waals surface area contributed by atoms with Gasteiger partial charge in [-0.3, -0.25) is 4.79 Å². The van der Waals surface area contributed by atoms with Crippen LogP contribution in [0, 0.1) is 5.92 Å². The summed E-state index contributed by atoms with van der Waals surface area (Å²) < 4.78 is 5.40. The molecule has 4 heteroatoms. The minimum atomic E-state index is -0.413. The molecule has 16 heavy (non-hydrogen) atoms. The van der Waals surface area contributed by atoms with Crippen molar-refractivity contribution in [3.8, 4) is 0 Å². The van der Waals surface area contributed by atoms with Crippen molar-refractivity contribution in [2.75, 3.05) is 13.2 Å². The van der Waals surface area contributed by atoms with Gasteiger partial charge >= 0.3 is 0 Å². The van der Waals surface area contributed by atoms with E-state index in [0.717, 1.165) is 25.9 Å². The first kappa shape index (κ1) is 13.5. The third-order valence-electron chi connectivity index (χ3n) is 3.42. The normalized spacial score (nSPS) is 29.5. The molecular weight excluding hydrogens is 204 g/mol. The van der Waals surface area contributed by atoms with Crippen molar-refractivity contribution in [1.82, 2.24) is 5.32 Å². The third-order valence-corrected chi connectivity index (χ3v) is 3.42. The highest BCUT2D eigenvalue weighted by molar-refractivity contribution is 5.82. The number of hydrogen-bond donors (Lipinski definition) is 2. The van der Waals surface area contributed by atoms with E-state index in [4.69, 9.17) is 10.5 Å². The number of carbonyl (C=O) groups is 1. The van der Waals surface area contributed by atoms with Crippen LogP contribution in [-0.4, -0.2) is 30.7 Å². The van der Waals surface area contributed by atoms with Crippen molar-refractivity contribution in [3.63, 3.8) is 0 Å². The molecule has 0 aliphatic carbocycles. The van der Waals surface area contributed by atoms with Crippen LogP contribution in [0.2, 0.25) is 0 Å². The van der Waals surface area contributed by atoms with Crippen molar-refractivity contribution in [3.05, 3.63) is 0 Å². The van der Waals surface area contributed by atoms with Gasteiger partial charge in [0.05, 0.1) is 18.2 Å². The molecule has 1 saturated heterocycles. The molecule has 3 atom stereocenters. The van der Waals surface area contributed by atoms with Crippen molar-refractivity contribution in [2.45, 2.75) is 51.6 Å². The Kier molecular flexibility index (Phi) is 4.74. The molecule has 1 fully saturated rings. The molecule has 0 spiro atoms. The molecule has 0 saturated carbocycles. The predicted molar refractivity (Wildman–Crippen MR) is 64.0 cm³/mol. The van der Waals surface area contributed by atoms with Crippen LogP contribution in [0.3, 0.4) is 0 Å². The molecule has 0 aromatic rings. The average Bonchev–Trinajstić information content (AvgIpc) is 2.27. The molecule has 1 amide bonds. The largest absolute Gasteiger partial charge is 0.379 e. The van der Waals surface area contributed by atoms with E-state index in [1.54, 1.807) is 0 Å². The van der Waals surface area contributed by atoms with Gasteiger partial charge in [-0.2, -0.15) is 0 Å². The standard InChI is InChI=1S/C12H24N2O2/c1-4-9(2)10(13)11(15)14-12(3)6-5-7-16-8-12/h9-10H,4-8,13H2,1-3H3,(H,14,15). The maximum Gasteiger partial charge on any atom is 0.237 e. The van der Waals surface area contributed by atoms with E-state index in [1.165, 1.54) is 0 Å². The van der Waals surface area contributed by atoms with Crippen LogP contribution in [0.5, 0.6) is 0 Å². The Bertz CT molecular complexity index is 237. The summed E-state index contributed by atoms with van der Waals surface area (Å²) >= 11 is 0. The van der Waals surface area contributed by atoms with E-state index in [-0.39, 0.29) is 17.4 Å². The fourth-order valence-corrected chi connectivity index (χ4v) is 1.93. The first-order chi connectivity index (χ1) is 7.48. The minimum absolute atomic E-state index is 0.0534. The molecule has 0 aromatic heterocycles. The van der Waals surface area contributed by atoms with Crippen molar-refractivity contribution < 1.29 is 9.53 Å². The molecule has 1 rings (SSSR count). The van der Waals surface area contributed by atoms with Gasteiger partial charge in [0.2, 0.25) is 5.91 Å². The van der Waals surface area contributed by atoms with Crippen LogP contribution in [0.25, 0.3) is 0 Å². The van der Waals surface area contributed by atoms with Crippen LogP contribution in [-0.2, 0) is 9.53 Å². The highest BCUT2D eigenvalue weighted by atomic mass is 16.5. The van der Waals surface area contributed by atoms with Gasteiger partial charge in [0.1, 0.15) is 0 Å². The van der Waals surface area contributed by atoms with Gasteiger partial charge in [-0.15, -0.1) is 0 Å². The summed E-state index contributed by atoms with van der Waals surface area (Å²) in [6.07, 6.45) is 2.88. The summed E-state index contributed by atoms with van der Waals surface area (Å²) in [7, 11) is 0. The number of rotatable bonds is 4. The van der Waals surface area contributed by atoms with Gasteiger partial charge in [0.25, 0.3) is 0 Å². The maximum absolute atomic E-state index is 11.9. The molecule has 0 aromatic carbocycles. The van der Waals surface area contributed by atoms with Crippen LogP contribution in [0.1, 0.15) is 40.0 Å². The molecule has 0 radical (unpaired) electrons. The highest BCUT2D eigenvalue weighted by Gasteiger charge is 2.31. The molecule has 1 heterocycles. The van der Waals surface area contributed by atoms with E-state index in [0.29, 0.717) is 6.61 Å². The summed E-state index contributed by atoms with van der Waals surface area (Å²) in [6, 6.07) is -0.413. The zero-order valence-electron chi connectivity index (χ0n) is 10.6. The van der Waals surface area contributed by atoms with E-state index in [2.05, 4.69) is 5.32 Å². The fourth-order valence-electron chi connectivity index (χ4n) is 1.93. The number of ether oxygens (including phenoxy) is 1. The van der Waals surface area contributed by atoms with Gasteiger partial charge < -0.3 is 15.8 Å². The summed E-state index contributed by atoms with van der Waals surface area (Å²) in [5.74, 6) is 0.162. The van der Waals surface area contributed by atoms with Gasteiger partial charge in [0, 0.05) is 6.61 Å². The number of amides is 1. The molecule has 4 nitrogen and oxygen atoms in total. The molecule has 94 valence electrons. The maximum atomic E-state index is 11.9. The monoisotopic (exact) mass is 228 g/mol. The molecule has 3 unspecified atom stereocenters. The van der Waals surface area contributed by atoms with Crippen molar-refractivity contribution in [2.24, 2.45) is 11.7 Å². The fraction of sp³-hybridized carbons (Fsp3) is 0.917. The Labute approximate surface area is 97.9 Å². The summed E-state index contributed by atoms with van der Waals surface area (Å²) in [5, 5.41) is 3.02. The molecule has 3 N–H and O–H groups in total. The van der Waals surface area contributed by atoms with E-state index in [9.17, 15) is 4.79 Å². The number of nitrogens with two attached hydrogens (primary N) is 1. The smallest absolute Gasteiger partial charge is 0.237 e. The van der Waals surface area contributed by atoms with Gasteiger partial charge in [0.15, 0.2) is 0 Å². The van der Waals surface area contributed by atoms with Gasteiger partial charge in [-0.05, 0) is 25.7 Å². The number of carbonyl (C=O) groups excluding carboxylic acids is 1. The third kappa shape index (κ3) is 3.46. The number of hydrogen-bond acceptors (Lipinski definition) is 3. The van der Waals surface area contributed by atoms with Crippen LogP contribution < -0.4 is 11.1 Å². The summed E-state index contributed by atoms with van der Waals surface area (Å²) in [5.41, 5.74) is 5.66. The molecular formula is C12H24N2O2. The topological polar surface area (TPSA) is 64.4 Å². The zero-order chi connectivity index (χ0) is 12.2. The first-order valence-corrected chi connectivity index (χ1v) is 6.14. The average molecular weight is 228 g/mol. The second-order valence-electron chi connectivity index (χ2n) is 5.12. The SMILES string of the molecule is CCC(C)C(N)C(=O)NC1(C)CCCOC1. The van der Waals surface area contributed by atoms with E-state index >= 15 is 0 Å². The summed E-state index contributed by atoms with van der Waals surface area (Å²) in [4.78, 5) is 11.9. The van der Waals surface area contributed by atoms with Crippen LogP contribution in [0.4, 0.5) is 0 Å². The summed E-state index contributed by atoms with van der Waals surface area (Å²) in [6.45, 7) is 7.45. The second-order valence-corrected chi connectivity index (χ2v) is 5.12. The van der Waals surface area contributed by atoms with Crippen LogP contribution >= 0.6 is 0 Å². The van der Waals surface area contributed by atoms with Gasteiger partial charge in [-0.1, -0.05) is 20.3 Å². The lowest BCUT2D eigenvalue weighted by Gasteiger charge is -2.35. The van der Waals surface area contributed by atoms with Crippen molar-refractivity contribution in [1.29, 1.82) is 0 Å². The Morgan fingerprint density at radius 3 is 2.81 bits per heavy atom. The quantitative estimate of drug-likeness (QED) is 0.756. The minimum Gasteiger partial charge on any atom is -0.379 e. The highest BCUT2D eigenvalue weighted by Crippen LogP contribution is 2.19. The van der Waals surface area contributed by atoms with Crippen LogP contribution in [0.15, 0.2) is 0 Å². The Balaban J connectivity index is 2.49. The zero-order valence-corrected chi connectivity index (χ0v) is 10.6. The van der Waals surface area contributed by atoms with E-state index < -0.39 is 6.04 Å². The first-order valence-electron chi connectivity index (χ1n) is 6.14. The predicted octanol–water partition coefficient (Wildman–Crippen LogP) is 1.05. The lowest BCUT2D eigenvalue weighted by molar-refractivity contribution is -0.127. The van der Waals surface area contributed by atoms with E-state index in [1.807, 2.05) is 20.8 Å². The number of nitrogens with one attached hydrogen (secondary N) is 1. The molecule has 0 bridgehead atoms. The Morgan fingerprint density at radius 2 is 2.31 bits per heavy atom.